The SMILES string of the molecule is CCn1nc(C)c([N+](=O)[O-])c1CC(N)COC. The van der Waals surface area contributed by atoms with Crippen molar-refractivity contribution in [3.8, 4) is 0 Å². The molecule has 1 unspecified atom stereocenters. The zero-order chi connectivity index (χ0) is 13.0. The van der Waals surface area contributed by atoms with E-state index in [1.165, 1.54) is 0 Å². The third-order valence-electron chi connectivity index (χ3n) is 2.52. The van der Waals surface area contributed by atoms with E-state index in [1.807, 2.05) is 6.92 Å². The first-order valence-corrected chi connectivity index (χ1v) is 5.46. The molecule has 0 saturated carbocycles. The molecule has 1 aromatic rings. The first-order chi connectivity index (χ1) is 8.01. The maximum atomic E-state index is 11.0. The highest BCUT2D eigenvalue weighted by Gasteiger charge is 2.25. The quantitative estimate of drug-likeness (QED) is 0.583. The molecule has 0 aliphatic carbocycles. The molecule has 1 heterocycles. The Labute approximate surface area is 99.7 Å². The summed E-state index contributed by atoms with van der Waals surface area (Å²) in [6.45, 7) is 4.48. The smallest absolute Gasteiger partial charge is 0.313 e. The van der Waals surface area contributed by atoms with Crippen LogP contribution in [0.2, 0.25) is 0 Å². The molecule has 2 N–H and O–H groups in total. The second kappa shape index (κ2) is 5.74. The van der Waals surface area contributed by atoms with Gasteiger partial charge < -0.3 is 10.5 Å². The monoisotopic (exact) mass is 242 g/mol. The van der Waals surface area contributed by atoms with Crippen LogP contribution in [-0.4, -0.2) is 34.5 Å². The van der Waals surface area contributed by atoms with E-state index >= 15 is 0 Å². The molecule has 0 bridgehead atoms. The summed E-state index contributed by atoms with van der Waals surface area (Å²) in [6, 6.07) is -0.264. The van der Waals surface area contributed by atoms with E-state index < -0.39 is 4.92 Å². The summed E-state index contributed by atoms with van der Waals surface area (Å²) >= 11 is 0. The lowest BCUT2D eigenvalue weighted by Crippen LogP contribution is -2.29. The Balaban J connectivity index is 3.06. The third-order valence-corrected chi connectivity index (χ3v) is 2.52. The molecular formula is C10H18N4O3. The fourth-order valence-electron chi connectivity index (χ4n) is 1.84. The van der Waals surface area contributed by atoms with Crippen LogP contribution in [0.25, 0.3) is 0 Å². The van der Waals surface area contributed by atoms with Crippen LogP contribution in [0, 0.1) is 17.0 Å². The van der Waals surface area contributed by atoms with Gasteiger partial charge in [-0.15, -0.1) is 0 Å². The Bertz CT molecular complexity index is 403. The zero-order valence-corrected chi connectivity index (χ0v) is 10.3. The molecule has 1 rings (SSSR count). The third kappa shape index (κ3) is 3.01. The summed E-state index contributed by atoms with van der Waals surface area (Å²) in [7, 11) is 1.55. The van der Waals surface area contributed by atoms with Gasteiger partial charge in [0.25, 0.3) is 0 Å². The van der Waals surface area contributed by atoms with Crippen LogP contribution >= 0.6 is 0 Å². The van der Waals surface area contributed by atoms with Crippen molar-refractivity contribution < 1.29 is 9.66 Å². The minimum atomic E-state index is -0.399. The van der Waals surface area contributed by atoms with E-state index in [4.69, 9.17) is 10.5 Å². The molecule has 0 aromatic carbocycles. The van der Waals surface area contributed by atoms with E-state index in [-0.39, 0.29) is 11.7 Å². The van der Waals surface area contributed by atoms with Gasteiger partial charge in [-0.2, -0.15) is 5.10 Å². The molecule has 0 spiro atoms. The highest BCUT2D eigenvalue weighted by Crippen LogP contribution is 2.23. The van der Waals surface area contributed by atoms with Gasteiger partial charge in [-0.3, -0.25) is 14.8 Å². The Hall–Kier alpha value is -1.47. The van der Waals surface area contributed by atoms with E-state index in [0.717, 1.165) is 0 Å². The summed E-state index contributed by atoms with van der Waals surface area (Å²) in [5.74, 6) is 0. The lowest BCUT2D eigenvalue weighted by Gasteiger charge is -2.10. The van der Waals surface area contributed by atoms with E-state index in [9.17, 15) is 10.1 Å². The number of rotatable bonds is 6. The van der Waals surface area contributed by atoms with Gasteiger partial charge in [0.05, 0.1) is 11.5 Å². The maximum absolute atomic E-state index is 11.0. The second-order valence-electron chi connectivity index (χ2n) is 3.87. The van der Waals surface area contributed by atoms with Crippen LogP contribution in [0.5, 0.6) is 0 Å². The first-order valence-electron chi connectivity index (χ1n) is 5.46. The number of aryl methyl sites for hydroxylation is 2. The van der Waals surface area contributed by atoms with Crippen LogP contribution in [0.1, 0.15) is 18.3 Å². The molecule has 0 aliphatic heterocycles. The van der Waals surface area contributed by atoms with Crippen molar-refractivity contribution >= 4 is 5.69 Å². The number of nitro groups is 1. The largest absolute Gasteiger partial charge is 0.383 e. The molecule has 96 valence electrons. The number of methoxy groups -OCH3 is 1. The normalized spacial score (nSPS) is 12.7. The Morgan fingerprint density at radius 1 is 1.65 bits per heavy atom. The van der Waals surface area contributed by atoms with E-state index in [2.05, 4.69) is 5.10 Å². The number of hydrogen-bond acceptors (Lipinski definition) is 5. The van der Waals surface area contributed by atoms with Crippen molar-refractivity contribution in [1.82, 2.24) is 9.78 Å². The summed E-state index contributed by atoms with van der Waals surface area (Å²) in [5, 5.41) is 15.1. The molecule has 0 fully saturated rings. The van der Waals surface area contributed by atoms with Crippen LogP contribution in [0.3, 0.4) is 0 Å². The van der Waals surface area contributed by atoms with Crippen molar-refractivity contribution in [3.05, 3.63) is 21.5 Å². The molecule has 0 saturated heterocycles. The van der Waals surface area contributed by atoms with Crippen molar-refractivity contribution in [1.29, 1.82) is 0 Å². The minimum absolute atomic E-state index is 0.0680. The highest BCUT2D eigenvalue weighted by atomic mass is 16.6. The van der Waals surface area contributed by atoms with E-state index in [0.29, 0.717) is 31.0 Å². The van der Waals surface area contributed by atoms with Gasteiger partial charge >= 0.3 is 5.69 Å². The summed E-state index contributed by atoms with van der Waals surface area (Å²) in [6.07, 6.45) is 0.388. The number of ether oxygens (including phenoxy) is 1. The predicted octanol–water partition coefficient (Wildman–Crippen LogP) is 0.636. The molecule has 7 nitrogen and oxygen atoms in total. The molecule has 0 amide bonds. The number of nitrogens with zero attached hydrogens (tertiary/aromatic N) is 3. The van der Waals surface area contributed by atoms with Crippen molar-refractivity contribution in [2.24, 2.45) is 5.73 Å². The number of aromatic nitrogens is 2. The van der Waals surface area contributed by atoms with Gasteiger partial charge in [0.1, 0.15) is 11.4 Å². The molecular weight excluding hydrogens is 224 g/mol. The summed E-state index contributed by atoms with van der Waals surface area (Å²) in [4.78, 5) is 10.6. The van der Waals surface area contributed by atoms with Crippen LogP contribution in [0.15, 0.2) is 0 Å². The average molecular weight is 242 g/mol. The average Bonchev–Trinajstić information content (AvgIpc) is 2.55. The Morgan fingerprint density at radius 2 is 2.29 bits per heavy atom. The number of nitrogens with two attached hydrogens (primary N) is 1. The lowest BCUT2D eigenvalue weighted by atomic mass is 10.1. The van der Waals surface area contributed by atoms with Crippen molar-refractivity contribution in [2.75, 3.05) is 13.7 Å². The van der Waals surface area contributed by atoms with Gasteiger partial charge in [0.2, 0.25) is 0 Å². The minimum Gasteiger partial charge on any atom is -0.383 e. The van der Waals surface area contributed by atoms with Crippen molar-refractivity contribution in [3.63, 3.8) is 0 Å². The Kier molecular flexibility index (Phi) is 4.59. The first kappa shape index (κ1) is 13.6. The van der Waals surface area contributed by atoms with Gasteiger partial charge in [-0.25, -0.2) is 0 Å². The molecule has 0 radical (unpaired) electrons. The highest BCUT2D eigenvalue weighted by molar-refractivity contribution is 5.41. The van der Waals surface area contributed by atoms with Gasteiger partial charge in [0.15, 0.2) is 0 Å². The summed E-state index contributed by atoms with van der Waals surface area (Å²) < 4.78 is 6.56. The fourth-order valence-corrected chi connectivity index (χ4v) is 1.84. The summed E-state index contributed by atoms with van der Waals surface area (Å²) in [5.41, 5.74) is 6.89. The topological polar surface area (TPSA) is 96.2 Å². The zero-order valence-electron chi connectivity index (χ0n) is 10.3. The molecule has 1 aromatic heterocycles. The fraction of sp³-hybridized carbons (Fsp3) is 0.700. The van der Waals surface area contributed by atoms with Crippen LogP contribution in [-0.2, 0) is 17.7 Å². The lowest BCUT2D eigenvalue weighted by molar-refractivity contribution is -0.386. The van der Waals surface area contributed by atoms with Crippen LogP contribution < -0.4 is 5.73 Å². The van der Waals surface area contributed by atoms with Crippen LogP contribution in [0.4, 0.5) is 5.69 Å². The number of hydrogen-bond donors (Lipinski definition) is 1. The molecule has 1 atom stereocenters. The van der Waals surface area contributed by atoms with Gasteiger partial charge in [0, 0.05) is 26.1 Å². The van der Waals surface area contributed by atoms with Gasteiger partial charge in [-0.05, 0) is 13.8 Å². The molecule has 17 heavy (non-hydrogen) atoms. The second-order valence-corrected chi connectivity index (χ2v) is 3.87. The van der Waals surface area contributed by atoms with Gasteiger partial charge in [-0.1, -0.05) is 0 Å². The Morgan fingerprint density at radius 3 is 2.76 bits per heavy atom. The van der Waals surface area contributed by atoms with Crippen molar-refractivity contribution in [2.45, 2.75) is 32.9 Å². The van der Waals surface area contributed by atoms with E-state index in [1.54, 1.807) is 18.7 Å². The predicted molar refractivity (Wildman–Crippen MR) is 62.8 cm³/mol. The maximum Gasteiger partial charge on any atom is 0.313 e. The standard InChI is InChI=1S/C10H18N4O3/c1-4-13-9(5-8(11)6-17-3)10(14(15)16)7(2)12-13/h8H,4-6,11H2,1-3H3. The molecule has 0 aliphatic rings. The molecule has 7 heteroatoms.